The molecule has 216 valence electrons. The van der Waals surface area contributed by atoms with Gasteiger partial charge in [0.25, 0.3) is 0 Å². The number of hydrogen-bond donors (Lipinski definition) is 1. The summed E-state index contributed by atoms with van der Waals surface area (Å²) in [6.45, 7) is 4.71. The number of carboxylic acids is 1. The van der Waals surface area contributed by atoms with Crippen LogP contribution in [0.4, 0.5) is 4.39 Å². The number of rotatable bonds is 28. The summed E-state index contributed by atoms with van der Waals surface area (Å²) < 4.78 is 37.7. The fraction of sp³-hybridized carbons (Fsp3) is 0.966. The first-order chi connectivity index (χ1) is 17.4. The lowest BCUT2D eigenvalue weighted by molar-refractivity contribution is -0.140. The predicted octanol–water partition coefficient (Wildman–Crippen LogP) is 8.32. The number of halogens is 1. The van der Waals surface area contributed by atoms with Gasteiger partial charge in [-0.25, -0.2) is 13.2 Å². The van der Waals surface area contributed by atoms with Gasteiger partial charge in [0.2, 0.25) is 5.37 Å². The van der Waals surface area contributed by atoms with Crippen LogP contribution in [-0.4, -0.2) is 55.3 Å². The van der Waals surface area contributed by atoms with Crippen molar-refractivity contribution < 1.29 is 22.7 Å². The highest BCUT2D eigenvalue weighted by Gasteiger charge is 2.36. The molecule has 1 atom stereocenters. The van der Waals surface area contributed by atoms with E-state index in [0.717, 1.165) is 44.9 Å². The van der Waals surface area contributed by atoms with E-state index in [1.54, 1.807) is 4.90 Å². The van der Waals surface area contributed by atoms with Crippen molar-refractivity contribution in [3.63, 3.8) is 0 Å². The lowest BCUT2D eigenvalue weighted by Gasteiger charge is -2.27. The second-order valence-corrected chi connectivity index (χ2v) is 12.6. The molecule has 0 saturated heterocycles. The number of sulfone groups is 1. The van der Waals surface area contributed by atoms with Crippen LogP contribution >= 0.6 is 0 Å². The molecule has 0 aliphatic heterocycles. The van der Waals surface area contributed by atoms with Crippen LogP contribution in [0.2, 0.25) is 0 Å². The number of likely N-dealkylation sites (N-methyl/N-ethyl adjacent to an activating group) is 1. The quantitative estimate of drug-likeness (QED) is 0.102. The van der Waals surface area contributed by atoms with Crippen molar-refractivity contribution in [1.29, 1.82) is 0 Å². The molecule has 0 spiro atoms. The second-order valence-electron chi connectivity index (χ2n) is 10.4. The fourth-order valence-corrected chi connectivity index (χ4v) is 6.73. The SMILES string of the molecule is CCCCCCCCCCCCCCCCCN(CC)C(C(=O)O)S(=O)(=O)CCCCCCCCF. The molecule has 0 fully saturated rings. The Morgan fingerprint density at radius 2 is 1.06 bits per heavy atom. The first-order valence-electron chi connectivity index (χ1n) is 15.1. The van der Waals surface area contributed by atoms with E-state index >= 15 is 0 Å². The molecule has 7 heteroatoms. The smallest absolute Gasteiger partial charge is 0.336 e. The Balaban J connectivity index is 4.01. The van der Waals surface area contributed by atoms with Gasteiger partial charge in [0.1, 0.15) is 0 Å². The Kier molecular flexibility index (Phi) is 24.2. The molecule has 0 rings (SSSR count). The summed E-state index contributed by atoms with van der Waals surface area (Å²) in [6.07, 6.45) is 23.4. The summed E-state index contributed by atoms with van der Waals surface area (Å²) >= 11 is 0. The largest absolute Gasteiger partial charge is 0.479 e. The van der Waals surface area contributed by atoms with Crippen LogP contribution in [0.5, 0.6) is 0 Å². The van der Waals surface area contributed by atoms with E-state index in [4.69, 9.17) is 0 Å². The summed E-state index contributed by atoms with van der Waals surface area (Å²) in [4.78, 5) is 13.5. The number of carbonyl (C=O) groups is 1. The normalized spacial score (nSPS) is 12.9. The first kappa shape index (κ1) is 35.3. The van der Waals surface area contributed by atoms with Crippen LogP contribution in [0.3, 0.4) is 0 Å². The van der Waals surface area contributed by atoms with Crippen molar-refractivity contribution in [2.75, 3.05) is 25.5 Å². The third-order valence-corrected chi connectivity index (χ3v) is 9.19. The number of nitrogens with zero attached hydrogens (tertiary/aromatic N) is 1. The lowest BCUT2D eigenvalue weighted by Crippen LogP contribution is -2.48. The fourth-order valence-electron chi connectivity index (χ4n) is 4.88. The van der Waals surface area contributed by atoms with Gasteiger partial charge in [-0.05, 0) is 32.4 Å². The van der Waals surface area contributed by atoms with Gasteiger partial charge >= 0.3 is 5.97 Å². The highest BCUT2D eigenvalue weighted by molar-refractivity contribution is 7.92. The van der Waals surface area contributed by atoms with Crippen molar-refractivity contribution in [2.24, 2.45) is 0 Å². The van der Waals surface area contributed by atoms with Gasteiger partial charge in [0.05, 0.1) is 12.4 Å². The van der Waals surface area contributed by atoms with Crippen LogP contribution in [0, 0.1) is 0 Å². The van der Waals surface area contributed by atoms with Crippen molar-refractivity contribution in [3.8, 4) is 0 Å². The average molecular weight is 536 g/mol. The number of hydrogen-bond acceptors (Lipinski definition) is 4. The summed E-state index contributed by atoms with van der Waals surface area (Å²) in [6, 6.07) is 0. The first-order valence-corrected chi connectivity index (χ1v) is 16.9. The van der Waals surface area contributed by atoms with Gasteiger partial charge in [0, 0.05) is 0 Å². The van der Waals surface area contributed by atoms with Crippen molar-refractivity contribution in [1.82, 2.24) is 4.90 Å². The Morgan fingerprint density at radius 3 is 1.44 bits per heavy atom. The minimum atomic E-state index is -3.73. The molecule has 36 heavy (non-hydrogen) atoms. The van der Waals surface area contributed by atoms with Crippen LogP contribution in [0.1, 0.15) is 149 Å². The van der Waals surface area contributed by atoms with E-state index in [-0.39, 0.29) is 12.4 Å². The van der Waals surface area contributed by atoms with E-state index in [1.807, 2.05) is 6.92 Å². The van der Waals surface area contributed by atoms with Crippen LogP contribution in [0.25, 0.3) is 0 Å². The molecule has 0 aliphatic carbocycles. The van der Waals surface area contributed by atoms with Crippen LogP contribution in [0.15, 0.2) is 0 Å². The number of carboxylic acid groups (broad SMARTS) is 1. The number of unbranched alkanes of at least 4 members (excludes halogenated alkanes) is 19. The minimum Gasteiger partial charge on any atom is -0.479 e. The van der Waals surface area contributed by atoms with Gasteiger partial charge in [-0.15, -0.1) is 0 Å². The molecule has 1 unspecified atom stereocenters. The second kappa shape index (κ2) is 24.6. The molecule has 1 N–H and O–H groups in total. The highest BCUT2D eigenvalue weighted by atomic mass is 32.2. The van der Waals surface area contributed by atoms with E-state index in [9.17, 15) is 22.7 Å². The van der Waals surface area contributed by atoms with Crippen molar-refractivity contribution in [3.05, 3.63) is 0 Å². The van der Waals surface area contributed by atoms with E-state index in [2.05, 4.69) is 6.92 Å². The minimum absolute atomic E-state index is 0.0948. The summed E-state index contributed by atoms with van der Waals surface area (Å²) in [5, 5.41) is 8.24. The Bertz CT molecular complexity index is 600. The molecule has 0 bridgehead atoms. The third kappa shape index (κ3) is 19.4. The molecule has 5 nitrogen and oxygen atoms in total. The summed E-state index contributed by atoms with van der Waals surface area (Å²) in [5.41, 5.74) is 0. The molecule has 0 aromatic carbocycles. The van der Waals surface area contributed by atoms with Crippen molar-refractivity contribution >= 4 is 15.8 Å². The van der Waals surface area contributed by atoms with Crippen LogP contribution < -0.4 is 0 Å². The van der Waals surface area contributed by atoms with E-state index in [1.165, 1.54) is 77.0 Å². The van der Waals surface area contributed by atoms with Gasteiger partial charge in [-0.2, -0.15) is 0 Å². The summed E-state index contributed by atoms with van der Waals surface area (Å²) in [7, 11) is -3.73. The van der Waals surface area contributed by atoms with Crippen LogP contribution in [-0.2, 0) is 14.6 Å². The molecular weight excluding hydrogens is 477 g/mol. The zero-order chi connectivity index (χ0) is 26.9. The monoisotopic (exact) mass is 535 g/mol. The summed E-state index contributed by atoms with van der Waals surface area (Å²) in [5.74, 6) is -1.36. The molecule has 0 saturated carbocycles. The average Bonchev–Trinajstić information content (AvgIpc) is 2.84. The molecule has 0 amide bonds. The molecule has 0 aromatic rings. The third-order valence-electron chi connectivity index (χ3n) is 7.15. The van der Waals surface area contributed by atoms with E-state index in [0.29, 0.717) is 25.9 Å². The maximum atomic E-state index is 12.8. The molecule has 0 heterocycles. The molecule has 0 aliphatic rings. The molecule has 0 aromatic heterocycles. The zero-order valence-corrected chi connectivity index (χ0v) is 24.5. The maximum absolute atomic E-state index is 12.8. The number of aliphatic carboxylic acids is 1. The standard InChI is InChI=1S/C29H58FNO4S/c1-3-5-6-7-8-9-10-11-12-13-14-15-17-20-23-26-31(4-2)28(29(32)33)36(34,35)27-24-21-18-16-19-22-25-30/h28H,3-27H2,1-2H3,(H,32,33). The molecular formula is C29H58FNO4S. The van der Waals surface area contributed by atoms with Gasteiger partial charge in [0.15, 0.2) is 9.84 Å². The van der Waals surface area contributed by atoms with Gasteiger partial charge < -0.3 is 5.11 Å². The Hall–Kier alpha value is -0.690. The maximum Gasteiger partial charge on any atom is 0.336 e. The highest BCUT2D eigenvalue weighted by Crippen LogP contribution is 2.17. The Labute approximate surface area is 222 Å². The van der Waals surface area contributed by atoms with Gasteiger partial charge in [-0.3, -0.25) is 9.29 Å². The van der Waals surface area contributed by atoms with E-state index < -0.39 is 21.2 Å². The van der Waals surface area contributed by atoms with Gasteiger partial charge in [-0.1, -0.05) is 129 Å². The van der Waals surface area contributed by atoms with Crippen molar-refractivity contribution in [2.45, 2.75) is 154 Å². The number of alkyl halides is 1. The lowest BCUT2D eigenvalue weighted by atomic mass is 10.0. The molecule has 0 radical (unpaired) electrons. The Morgan fingerprint density at radius 1 is 0.667 bits per heavy atom. The zero-order valence-electron chi connectivity index (χ0n) is 23.7. The predicted molar refractivity (Wildman–Crippen MR) is 151 cm³/mol. The topological polar surface area (TPSA) is 74.7 Å².